The lowest BCUT2D eigenvalue weighted by Gasteiger charge is -2.05. The van der Waals surface area contributed by atoms with Crippen molar-refractivity contribution >= 4 is 5.91 Å². The molecule has 1 N–H and O–H groups in total. The van der Waals surface area contributed by atoms with Crippen LogP contribution < -0.4 is 10.1 Å². The molecule has 1 amide bonds. The van der Waals surface area contributed by atoms with Crippen LogP contribution >= 0.6 is 0 Å². The molecule has 0 aliphatic carbocycles. The van der Waals surface area contributed by atoms with Gasteiger partial charge in [0.1, 0.15) is 12.3 Å². The van der Waals surface area contributed by atoms with E-state index in [4.69, 9.17) is 10.00 Å². The zero-order valence-electron chi connectivity index (χ0n) is 8.49. The van der Waals surface area contributed by atoms with Gasteiger partial charge in [0.05, 0.1) is 6.07 Å². The molecule has 0 bridgehead atoms. The van der Waals surface area contributed by atoms with Gasteiger partial charge in [0.15, 0.2) is 6.61 Å². The van der Waals surface area contributed by atoms with E-state index in [1.807, 2.05) is 31.2 Å². The summed E-state index contributed by atoms with van der Waals surface area (Å²) in [5, 5.41) is 10.6. The van der Waals surface area contributed by atoms with Crippen molar-refractivity contribution in [2.75, 3.05) is 13.2 Å². The molecular weight excluding hydrogens is 192 g/mol. The molecule has 4 nitrogen and oxygen atoms in total. The number of nitrogens with one attached hydrogen (secondary N) is 1. The molecule has 0 radical (unpaired) electrons. The second kappa shape index (κ2) is 5.66. The summed E-state index contributed by atoms with van der Waals surface area (Å²) in [5.74, 6) is 0.361. The van der Waals surface area contributed by atoms with E-state index >= 15 is 0 Å². The summed E-state index contributed by atoms with van der Waals surface area (Å²) in [6, 6.07) is 9.25. The number of carbonyl (C=O) groups excluding carboxylic acids is 1. The largest absolute Gasteiger partial charge is 0.484 e. The second-order valence-electron chi connectivity index (χ2n) is 3.04. The van der Waals surface area contributed by atoms with E-state index in [-0.39, 0.29) is 19.1 Å². The summed E-state index contributed by atoms with van der Waals surface area (Å²) in [4.78, 5) is 11.1. The predicted molar refractivity (Wildman–Crippen MR) is 55.3 cm³/mol. The fourth-order valence-corrected chi connectivity index (χ4v) is 1.04. The average Bonchev–Trinajstić information content (AvgIpc) is 2.23. The quantitative estimate of drug-likeness (QED) is 0.744. The van der Waals surface area contributed by atoms with Crippen molar-refractivity contribution in [1.29, 1.82) is 5.26 Å². The molecule has 15 heavy (non-hydrogen) atoms. The Morgan fingerprint density at radius 2 is 2.40 bits per heavy atom. The van der Waals surface area contributed by atoms with Gasteiger partial charge in [-0.2, -0.15) is 5.26 Å². The van der Waals surface area contributed by atoms with Crippen molar-refractivity contribution in [2.24, 2.45) is 0 Å². The smallest absolute Gasteiger partial charge is 0.258 e. The van der Waals surface area contributed by atoms with E-state index in [2.05, 4.69) is 5.32 Å². The normalized spacial score (nSPS) is 9.07. The van der Waals surface area contributed by atoms with Gasteiger partial charge in [0, 0.05) is 0 Å². The van der Waals surface area contributed by atoms with Gasteiger partial charge in [-0.15, -0.1) is 0 Å². The van der Waals surface area contributed by atoms with Gasteiger partial charge < -0.3 is 10.1 Å². The van der Waals surface area contributed by atoms with Crippen molar-refractivity contribution < 1.29 is 9.53 Å². The standard InChI is InChI=1S/C11H12N2O2/c1-9-3-2-4-10(7-9)15-8-11(14)13-6-5-12/h2-4,7H,6,8H2,1H3,(H,13,14). The van der Waals surface area contributed by atoms with Crippen LogP contribution in [0.4, 0.5) is 0 Å². The Morgan fingerprint density at radius 1 is 1.60 bits per heavy atom. The maximum absolute atomic E-state index is 11.1. The van der Waals surface area contributed by atoms with E-state index < -0.39 is 0 Å². The van der Waals surface area contributed by atoms with Gasteiger partial charge >= 0.3 is 0 Å². The number of amides is 1. The van der Waals surface area contributed by atoms with E-state index in [0.29, 0.717) is 5.75 Å². The Kier molecular flexibility index (Phi) is 4.17. The topological polar surface area (TPSA) is 62.1 Å². The van der Waals surface area contributed by atoms with Gasteiger partial charge in [0.2, 0.25) is 0 Å². The molecule has 0 heterocycles. The zero-order valence-corrected chi connectivity index (χ0v) is 8.49. The third-order valence-corrected chi connectivity index (χ3v) is 1.72. The van der Waals surface area contributed by atoms with Gasteiger partial charge in [-0.1, -0.05) is 12.1 Å². The van der Waals surface area contributed by atoms with Crippen molar-refractivity contribution in [1.82, 2.24) is 5.32 Å². The molecule has 0 unspecified atom stereocenters. The Hall–Kier alpha value is -2.02. The number of ether oxygens (including phenoxy) is 1. The summed E-state index contributed by atoms with van der Waals surface area (Å²) in [5.41, 5.74) is 1.07. The number of nitrogens with zero attached hydrogens (tertiary/aromatic N) is 1. The number of hydrogen-bond donors (Lipinski definition) is 1. The van der Waals surface area contributed by atoms with Crippen LogP contribution in [0.3, 0.4) is 0 Å². The highest BCUT2D eigenvalue weighted by atomic mass is 16.5. The molecule has 0 saturated heterocycles. The first kappa shape index (κ1) is 11.1. The molecule has 0 aliphatic rings. The lowest BCUT2D eigenvalue weighted by Crippen LogP contribution is -2.29. The minimum Gasteiger partial charge on any atom is -0.484 e. The monoisotopic (exact) mass is 204 g/mol. The summed E-state index contributed by atoms with van der Waals surface area (Å²) in [6.45, 7) is 1.89. The minimum atomic E-state index is -0.293. The van der Waals surface area contributed by atoms with Crippen LogP contribution in [-0.2, 0) is 4.79 Å². The SMILES string of the molecule is Cc1cccc(OCC(=O)NCC#N)c1. The van der Waals surface area contributed by atoms with E-state index in [9.17, 15) is 4.79 Å². The van der Waals surface area contributed by atoms with E-state index in [1.54, 1.807) is 6.07 Å². The average molecular weight is 204 g/mol. The molecule has 1 aromatic carbocycles. The molecule has 0 saturated carbocycles. The maximum Gasteiger partial charge on any atom is 0.258 e. The Morgan fingerprint density at radius 3 is 3.07 bits per heavy atom. The van der Waals surface area contributed by atoms with Crippen LogP contribution in [0.2, 0.25) is 0 Å². The van der Waals surface area contributed by atoms with Crippen molar-refractivity contribution in [2.45, 2.75) is 6.92 Å². The first-order chi connectivity index (χ1) is 7.22. The predicted octanol–water partition coefficient (Wildman–Crippen LogP) is 1.01. The molecule has 0 atom stereocenters. The van der Waals surface area contributed by atoms with Crippen LogP contribution in [0.5, 0.6) is 5.75 Å². The van der Waals surface area contributed by atoms with E-state index in [1.165, 1.54) is 0 Å². The zero-order chi connectivity index (χ0) is 11.1. The summed E-state index contributed by atoms with van der Waals surface area (Å²) < 4.78 is 5.22. The van der Waals surface area contributed by atoms with Crippen LogP contribution in [0.25, 0.3) is 0 Å². The Bertz CT molecular complexity index is 382. The number of carbonyl (C=O) groups is 1. The first-order valence-corrected chi connectivity index (χ1v) is 4.55. The highest BCUT2D eigenvalue weighted by molar-refractivity contribution is 5.77. The molecule has 0 aliphatic heterocycles. The lowest BCUT2D eigenvalue weighted by molar-refractivity contribution is -0.122. The van der Waals surface area contributed by atoms with Gasteiger partial charge in [-0.3, -0.25) is 4.79 Å². The fourth-order valence-electron chi connectivity index (χ4n) is 1.04. The summed E-state index contributed by atoms with van der Waals surface area (Å²) in [6.07, 6.45) is 0. The number of benzene rings is 1. The van der Waals surface area contributed by atoms with Crippen molar-refractivity contribution in [3.8, 4) is 11.8 Å². The first-order valence-electron chi connectivity index (χ1n) is 4.55. The van der Waals surface area contributed by atoms with Crippen LogP contribution in [0, 0.1) is 18.3 Å². The second-order valence-corrected chi connectivity index (χ2v) is 3.04. The summed E-state index contributed by atoms with van der Waals surface area (Å²) in [7, 11) is 0. The molecule has 0 fully saturated rings. The number of aryl methyl sites for hydroxylation is 1. The Labute approximate surface area is 88.5 Å². The molecule has 4 heteroatoms. The number of rotatable bonds is 4. The maximum atomic E-state index is 11.1. The van der Waals surface area contributed by atoms with Crippen molar-refractivity contribution in [3.05, 3.63) is 29.8 Å². The third-order valence-electron chi connectivity index (χ3n) is 1.72. The minimum absolute atomic E-state index is 0.00993. The molecule has 1 aromatic rings. The highest BCUT2D eigenvalue weighted by Gasteiger charge is 2.01. The Balaban J connectivity index is 2.37. The van der Waals surface area contributed by atoms with Crippen LogP contribution in [-0.4, -0.2) is 19.1 Å². The lowest BCUT2D eigenvalue weighted by atomic mass is 10.2. The third kappa shape index (κ3) is 4.14. The van der Waals surface area contributed by atoms with Gasteiger partial charge in [-0.05, 0) is 24.6 Å². The number of nitriles is 1. The van der Waals surface area contributed by atoms with E-state index in [0.717, 1.165) is 5.56 Å². The molecule has 0 aromatic heterocycles. The van der Waals surface area contributed by atoms with Crippen LogP contribution in [0.1, 0.15) is 5.56 Å². The molecule has 1 rings (SSSR count). The highest BCUT2D eigenvalue weighted by Crippen LogP contribution is 2.11. The fraction of sp³-hybridized carbons (Fsp3) is 0.273. The molecular formula is C11H12N2O2. The van der Waals surface area contributed by atoms with Crippen LogP contribution in [0.15, 0.2) is 24.3 Å². The van der Waals surface area contributed by atoms with Gasteiger partial charge in [0.25, 0.3) is 5.91 Å². The van der Waals surface area contributed by atoms with Gasteiger partial charge in [-0.25, -0.2) is 0 Å². The molecule has 0 spiro atoms. The molecule has 78 valence electrons. The summed E-state index contributed by atoms with van der Waals surface area (Å²) >= 11 is 0. The van der Waals surface area contributed by atoms with Crippen molar-refractivity contribution in [3.63, 3.8) is 0 Å². The number of hydrogen-bond acceptors (Lipinski definition) is 3.